The maximum Gasteiger partial charge on any atom is 0.353 e. The lowest BCUT2D eigenvalue weighted by atomic mass is 10.1. The van der Waals surface area contributed by atoms with Crippen LogP contribution in [0, 0.1) is 10.1 Å². The van der Waals surface area contributed by atoms with Crippen LogP contribution in [-0.2, 0) is 7.05 Å². The van der Waals surface area contributed by atoms with Crippen molar-refractivity contribution in [3.05, 3.63) is 15.8 Å². The summed E-state index contributed by atoms with van der Waals surface area (Å²) in [7, 11) is 1.68. The van der Waals surface area contributed by atoms with Crippen molar-refractivity contribution in [2.24, 2.45) is 7.05 Å². The van der Waals surface area contributed by atoms with Crippen LogP contribution >= 0.6 is 0 Å². The average Bonchev–Trinajstić information content (AvgIpc) is 2.93. The molecule has 1 unspecified atom stereocenters. The van der Waals surface area contributed by atoms with E-state index in [4.69, 9.17) is 4.74 Å². The molecule has 106 valence electrons. The molecule has 1 fully saturated rings. The van der Waals surface area contributed by atoms with Crippen molar-refractivity contribution in [2.75, 3.05) is 13.2 Å². The van der Waals surface area contributed by atoms with Gasteiger partial charge >= 0.3 is 5.69 Å². The van der Waals surface area contributed by atoms with Crippen molar-refractivity contribution in [3.8, 4) is 5.88 Å². The van der Waals surface area contributed by atoms with Crippen molar-refractivity contribution in [1.82, 2.24) is 15.1 Å². The van der Waals surface area contributed by atoms with Gasteiger partial charge in [-0.2, -0.15) is 5.10 Å². The molecule has 0 amide bonds. The summed E-state index contributed by atoms with van der Waals surface area (Å²) in [6.07, 6.45) is 2.17. The lowest BCUT2D eigenvalue weighted by Crippen LogP contribution is -2.28. The Bertz CT molecular complexity index is 464. The Hall–Kier alpha value is -1.63. The molecule has 1 atom stereocenters. The molecule has 0 aliphatic carbocycles. The van der Waals surface area contributed by atoms with Gasteiger partial charge in [-0.1, -0.05) is 13.8 Å². The Morgan fingerprint density at radius 2 is 2.37 bits per heavy atom. The molecule has 7 nitrogen and oxygen atoms in total. The van der Waals surface area contributed by atoms with E-state index in [1.54, 1.807) is 7.05 Å². The first-order chi connectivity index (χ1) is 9.00. The second kappa shape index (κ2) is 5.56. The number of aryl methyl sites for hydroxylation is 1. The molecule has 0 radical (unpaired) electrons. The minimum absolute atomic E-state index is 0.00417. The molecule has 0 spiro atoms. The third-order valence-electron chi connectivity index (χ3n) is 3.31. The Labute approximate surface area is 112 Å². The van der Waals surface area contributed by atoms with E-state index in [0.29, 0.717) is 12.3 Å². The van der Waals surface area contributed by atoms with E-state index in [2.05, 4.69) is 10.4 Å². The maximum atomic E-state index is 11.2. The molecule has 1 N–H and O–H groups in total. The van der Waals surface area contributed by atoms with Crippen molar-refractivity contribution in [3.63, 3.8) is 0 Å². The molecule has 1 aliphatic rings. The molecular formula is C12H20N4O3. The zero-order chi connectivity index (χ0) is 14.0. The summed E-state index contributed by atoms with van der Waals surface area (Å²) < 4.78 is 7.10. The zero-order valence-corrected chi connectivity index (χ0v) is 11.5. The van der Waals surface area contributed by atoms with E-state index in [1.165, 1.54) is 4.68 Å². The van der Waals surface area contributed by atoms with E-state index in [-0.39, 0.29) is 23.5 Å². The fraction of sp³-hybridized carbons (Fsp3) is 0.750. The van der Waals surface area contributed by atoms with Gasteiger partial charge < -0.3 is 10.1 Å². The number of nitrogens with zero attached hydrogens (tertiary/aromatic N) is 3. The normalized spacial score (nSPS) is 19.1. The summed E-state index contributed by atoms with van der Waals surface area (Å²) in [5.74, 6) is 0.246. The van der Waals surface area contributed by atoms with Crippen molar-refractivity contribution >= 4 is 5.69 Å². The van der Waals surface area contributed by atoms with Crippen LogP contribution in [0.2, 0.25) is 0 Å². The van der Waals surface area contributed by atoms with Crippen LogP contribution in [-0.4, -0.2) is 33.9 Å². The number of nitro groups is 1. The van der Waals surface area contributed by atoms with Crippen molar-refractivity contribution < 1.29 is 9.66 Å². The van der Waals surface area contributed by atoms with Crippen molar-refractivity contribution in [1.29, 1.82) is 0 Å². The van der Waals surface area contributed by atoms with Gasteiger partial charge in [-0.05, 0) is 19.4 Å². The molecule has 19 heavy (non-hydrogen) atoms. The Morgan fingerprint density at radius 1 is 1.63 bits per heavy atom. The largest absolute Gasteiger partial charge is 0.471 e. The first kappa shape index (κ1) is 13.8. The van der Waals surface area contributed by atoms with Gasteiger partial charge in [-0.3, -0.25) is 10.1 Å². The SMILES string of the molecule is CC(C)c1nn(C)c(OCC2CCCN2)c1[N+](=O)[O-]. The van der Waals surface area contributed by atoms with E-state index in [0.717, 1.165) is 19.4 Å². The Morgan fingerprint density at radius 3 is 2.89 bits per heavy atom. The number of aromatic nitrogens is 2. The Balaban J connectivity index is 2.20. The standard InChI is InChI=1S/C12H20N4O3/c1-8(2)10-11(16(17)18)12(15(3)14-10)19-7-9-5-4-6-13-9/h8-9,13H,4-7H2,1-3H3. The first-order valence-corrected chi connectivity index (χ1v) is 6.58. The third-order valence-corrected chi connectivity index (χ3v) is 3.31. The van der Waals surface area contributed by atoms with Crippen LogP contribution in [0.15, 0.2) is 0 Å². The molecule has 7 heteroatoms. The third kappa shape index (κ3) is 2.86. The van der Waals surface area contributed by atoms with Crippen molar-refractivity contribution in [2.45, 2.75) is 38.6 Å². The maximum absolute atomic E-state index is 11.2. The highest BCUT2D eigenvalue weighted by atomic mass is 16.6. The predicted molar refractivity (Wildman–Crippen MR) is 70.5 cm³/mol. The predicted octanol–water partition coefficient (Wildman–Crippen LogP) is 1.58. The summed E-state index contributed by atoms with van der Waals surface area (Å²) in [6, 6.07) is 0.275. The van der Waals surface area contributed by atoms with E-state index in [1.807, 2.05) is 13.8 Å². The second-order valence-corrected chi connectivity index (χ2v) is 5.18. The number of hydrogen-bond donors (Lipinski definition) is 1. The van der Waals surface area contributed by atoms with E-state index < -0.39 is 4.92 Å². The van der Waals surface area contributed by atoms with Gasteiger partial charge in [-0.25, -0.2) is 4.68 Å². The van der Waals surface area contributed by atoms with Crippen LogP contribution in [0.25, 0.3) is 0 Å². The molecule has 1 aromatic heterocycles. The van der Waals surface area contributed by atoms with E-state index >= 15 is 0 Å². The molecule has 2 rings (SSSR count). The van der Waals surface area contributed by atoms with Gasteiger partial charge in [0.15, 0.2) is 0 Å². The molecule has 1 aromatic rings. The summed E-state index contributed by atoms with van der Waals surface area (Å²) in [5.41, 5.74) is 0.470. The second-order valence-electron chi connectivity index (χ2n) is 5.18. The van der Waals surface area contributed by atoms with Crippen LogP contribution < -0.4 is 10.1 Å². The number of ether oxygens (including phenoxy) is 1. The smallest absolute Gasteiger partial charge is 0.353 e. The number of rotatable bonds is 5. The van der Waals surface area contributed by atoms with Gasteiger partial charge in [0.1, 0.15) is 12.3 Å². The highest BCUT2D eigenvalue weighted by Crippen LogP contribution is 2.34. The quantitative estimate of drug-likeness (QED) is 0.647. The minimum Gasteiger partial charge on any atom is -0.471 e. The van der Waals surface area contributed by atoms with Gasteiger partial charge in [0, 0.05) is 19.0 Å². The minimum atomic E-state index is -0.403. The van der Waals surface area contributed by atoms with Crippen LogP contribution in [0.5, 0.6) is 5.88 Å². The van der Waals surface area contributed by atoms with Gasteiger partial charge in [-0.15, -0.1) is 0 Å². The molecule has 2 heterocycles. The zero-order valence-electron chi connectivity index (χ0n) is 11.5. The van der Waals surface area contributed by atoms with Crippen LogP contribution in [0.3, 0.4) is 0 Å². The highest BCUT2D eigenvalue weighted by Gasteiger charge is 2.30. The molecule has 0 aromatic carbocycles. The average molecular weight is 268 g/mol. The van der Waals surface area contributed by atoms with Gasteiger partial charge in [0.05, 0.1) is 4.92 Å². The first-order valence-electron chi connectivity index (χ1n) is 6.58. The monoisotopic (exact) mass is 268 g/mol. The van der Waals surface area contributed by atoms with Crippen LogP contribution in [0.4, 0.5) is 5.69 Å². The summed E-state index contributed by atoms with van der Waals surface area (Å²) in [6.45, 7) is 5.20. The number of hydrogen-bond acceptors (Lipinski definition) is 5. The Kier molecular flexibility index (Phi) is 4.04. The molecule has 1 saturated heterocycles. The fourth-order valence-electron chi connectivity index (χ4n) is 2.32. The topological polar surface area (TPSA) is 82.2 Å². The molecule has 0 bridgehead atoms. The fourth-order valence-corrected chi connectivity index (χ4v) is 2.32. The molecule has 1 aliphatic heterocycles. The van der Waals surface area contributed by atoms with Crippen LogP contribution in [0.1, 0.15) is 38.3 Å². The van der Waals surface area contributed by atoms with Gasteiger partial charge in [0.25, 0.3) is 5.88 Å². The number of nitrogens with one attached hydrogen (secondary N) is 1. The molecular weight excluding hydrogens is 248 g/mol. The highest BCUT2D eigenvalue weighted by molar-refractivity contribution is 5.47. The summed E-state index contributed by atoms with van der Waals surface area (Å²) in [5, 5.41) is 18.7. The lowest BCUT2D eigenvalue weighted by Gasteiger charge is -2.11. The molecule has 0 saturated carbocycles. The lowest BCUT2D eigenvalue weighted by molar-refractivity contribution is -0.386. The van der Waals surface area contributed by atoms with E-state index in [9.17, 15) is 10.1 Å². The van der Waals surface area contributed by atoms with Gasteiger partial charge in [0.2, 0.25) is 0 Å². The summed E-state index contributed by atoms with van der Waals surface area (Å²) >= 11 is 0. The summed E-state index contributed by atoms with van der Waals surface area (Å²) in [4.78, 5) is 10.8.